The maximum atomic E-state index is 12.8. The van der Waals surface area contributed by atoms with Gasteiger partial charge in [0.2, 0.25) is 0 Å². The lowest BCUT2D eigenvalue weighted by Crippen LogP contribution is -2.36. The van der Waals surface area contributed by atoms with Crippen molar-refractivity contribution in [2.24, 2.45) is 0 Å². The number of hydrogen-bond acceptors (Lipinski definition) is 2. The van der Waals surface area contributed by atoms with Gasteiger partial charge in [-0.1, -0.05) is 54.1 Å². The first-order valence-electron chi connectivity index (χ1n) is 8.77. The van der Waals surface area contributed by atoms with Crippen LogP contribution >= 0.6 is 0 Å². The van der Waals surface area contributed by atoms with E-state index in [9.17, 15) is 4.79 Å². The first-order valence-corrected chi connectivity index (χ1v) is 8.77. The Morgan fingerprint density at radius 1 is 0.962 bits per heavy atom. The van der Waals surface area contributed by atoms with Crippen molar-refractivity contribution in [1.82, 2.24) is 9.88 Å². The monoisotopic (exact) mass is 345 g/mol. The van der Waals surface area contributed by atoms with Gasteiger partial charge in [-0.05, 0) is 36.8 Å². The van der Waals surface area contributed by atoms with Crippen LogP contribution in [0.1, 0.15) is 16.8 Å². The molecule has 0 aliphatic heterocycles. The summed E-state index contributed by atoms with van der Waals surface area (Å²) in [5, 5.41) is 2.99. The molecule has 0 atom stereocenters. The number of anilines is 1. The van der Waals surface area contributed by atoms with Crippen LogP contribution in [0.25, 0.3) is 0 Å². The number of aryl methyl sites for hydroxylation is 1. The summed E-state index contributed by atoms with van der Waals surface area (Å²) in [6.45, 7) is 3.19. The number of pyridine rings is 1. The molecule has 3 aromatic rings. The molecule has 0 aliphatic carbocycles. The van der Waals surface area contributed by atoms with Gasteiger partial charge in [0, 0.05) is 37.1 Å². The van der Waals surface area contributed by atoms with Crippen LogP contribution in [0.2, 0.25) is 0 Å². The molecule has 0 fully saturated rings. The lowest BCUT2D eigenvalue weighted by molar-refractivity contribution is 0.209. The molecule has 0 unspecified atom stereocenters. The third-order valence-electron chi connectivity index (χ3n) is 4.17. The summed E-state index contributed by atoms with van der Waals surface area (Å²) in [5.74, 6) is 0. The van der Waals surface area contributed by atoms with Crippen molar-refractivity contribution >= 4 is 11.7 Å². The molecule has 2 amide bonds. The van der Waals surface area contributed by atoms with E-state index >= 15 is 0 Å². The highest BCUT2D eigenvalue weighted by Gasteiger charge is 2.14. The fourth-order valence-corrected chi connectivity index (χ4v) is 2.69. The molecule has 0 radical (unpaired) electrons. The van der Waals surface area contributed by atoms with Crippen LogP contribution in [0.5, 0.6) is 0 Å². The Kier molecular flexibility index (Phi) is 5.99. The summed E-state index contributed by atoms with van der Waals surface area (Å²) in [4.78, 5) is 19.0. The van der Waals surface area contributed by atoms with Gasteiger partial charge >= 0.3 is 6.03 Å². The molecule has 4 heteroatoms. The lowest BCUT2D eigenvalue weighted by atomic mass is 10.2. The van der Waals surface area contributed by atoms with E-state index in [1.807, 2.05) is 84.6 Å². The highest BCUT2D eigenvalue weighted by molar-refractivity contribution is 5.89. The number of nitrogens with one attached hydrogen (secondary N) is 1. The Morgan fingerprint density at radius 2 is 1.69 bits per heavy atom. The smallest absolute Gasteiger partial charge is 0.320 e. The number of nitrogens with zero attached hydrogens (tertiary/aromatic N) is 2. The molecule has 2 aromatic carbocycles. The van der Waals surface area contributed by atoms with Gasteiger partial charge in [-0.15, -0.1) is 0 Å². The van der Waals surface area contributed by atoms with Gasteiger partial charge in [-0.2, -0.15) is 0 Å². The summed E-state index contributed by atoms with van der Waals surface area (Å²) >= 11 is 0. The van der Waals surface area contributed by atoms with Crippen molar-refractivity contribution in [3.8, 4) is 0 Å². The number of carbonyl (C=O) groups excluding carboxylic acids is 1. The first-order chi connectivity index (χ1) is 12.7. The number of amides is 2. The standard InChI is InChI=1S/C22H23N3O/c1-18-10-12-21(13-11-18)24-22(26)25(17-19-7-3-2-4-8-19)16-14-20-9-5-6-15-23-20/h2-13,15H,14,16-17H2,1H3,(H,24,26). The molecular weight excluding hydrogens is 322 g/mol. The first kappa shape index (κ1) is 17.7. The SMILES string of the molecule is Cc1ccc(NC(=O)N(CCc2ccccn2)Cc2ccccc2)cc1. The zero-order valence-electron chi connectivity index (χ0n) is 14.9. The number of urea groups is 1. The maximum absolute atomic E-state index is 12.8. The average Bonchev–Trinajstić information content (AvgIpc) is 2.68. The number of hydrogen-bond donors (Lipinski definition) is 1. The number of carbonyl (C=O) groups is 1. The summed E-state index contributed by atoms with van der Waals surface area (Å²) in [6.07, 6.45) is 2.50. The number of benzene rings is 2. The van der Waals surface area contributed by atoms with Gasteiger partial charge in [0.05, 0.1) is 0 Å². The predicted octanol–water partition coefficient (Wildman–Crippen LogP) is 4.67. The molecule has 132 valence electrons. The average molecular weight is 345 g/mol. The van der Waals surface area contributed by atoms with Crippen LogP contribution in [0, 0.1) is 6.92 Å². The van der Waals surface area contributed by atoms with Crippen LogP contribution in [0.3, 0.4) is 0 Å². The van der Waals surface area contributed by atoms with E-state index in [0.29, 0.717) is 13.1 Å². The fraction of sp³-hybridized carbons (Fsp3) is 0.182. The molecule has 3 rings (SSSR count). The third kappa shape index (κ3) is 5.18. The second-order valence-corrected chi connectivity index (χ2v) is 6.27. The molecule has 1 aromatic heterocycles. The van der Waals surface area contributed by atoms with Crippen molar-refractivity contribution in [1.29, 1.82) is 0 Å². The molecule has 1 N–H and O–H groups in total. The Hall–Kier alpha value is -3.14. The normalized spacial score (nSPS) is 10.3. The zero-order chi connectivity index (χ0) is 18.2. The number of aromatic nitrogens is 1. The quantitative estimate of drug-likeness (QED) is 0.706. The summed E-state index contributed by atoms with van der Waals surface area (Å²) in [5.41, 5.74) is 4.05. The van der Waals surface area contributed by atoms with Gasteiger partial charge < -0.3 is 10.2 Å². The molecule has 4 nitrogen and oxygen atoms in total. The Bertz CT molecular complexity index is 817. The minimum Gasteiger partial charge on any atom is -0.320 e. The molecule has 26 heavy (non-hydrogen) atoms. The van der Waals surface area contributed by atoms with Gasteiger partial charge in [-0.25, -0.2) is 4.79 Å². The number of rotatable bonds is 6. The Labute approximate surface area is 154 Å². The molecule has 0 saturated carbocycles. The van der Waals surface area contributed by atoms with E-state index in [2.05, 4.69) is 10.3 Å². The summed E-state index contributed by atoms with van der Waals surface area (Å²) in [6, 6.07) is 23.6. The van der Waals surface area contributed by atoms with E-state index in [4.69, 9.17) is 0 Å². The molecule has 0 aliphatic rings. The van der Waals surface area contributed by atoms with Gasteiger partial charge in [0.25, 0.3) is 0 Å². The minimum atomic E-state index is -0.103. The second-order valence-electron chi connectivity index (χ2n) is 6.27. The van der Waals surface area contributed by atoms with Crippen LogP contribution in [-0.4, -0.2) is 22.5 Å². The highest BCUT2D eigenvalue weighted by Crippen LogP contribution is 2.12. The molecule has 1 heterocycles. The van der Waals surface area contributed by atoms with E-state index in [1.54, 1.807) is 6.20 Å². The largest absolute Gasteiger partial charge is 0.322 e. The van der Waals surface area contributed by atoms with Crippen LogP contribution in [0.15, 0.2) is 79.0 Å². The van der Waals surface area contributed by atoms with Gasteiger partial charge in [-0.3, -0.25) is 4.98 Å². The van der Waals surface area contributed by atoms with Crippen molar-refractivity contribution in [3.05, 3.63) is 95.8 Å². The van der Waals surface area contributed by atoms with Crippen LogP contribution in [0.4, 0.5) is 10.5 Å². The van der Waals surface area contributed by atoms with E-state index in [-0.39, 0.29) is 6.03 Å². The maximum Gasteiger partial charge on any atom is 0.322 e. The molecular formula is C22H23N3O. The van der Waals surface area contributed by atoms with Crippen LogP contribution in [-0.2, 0) is 13.0 Å². The van der Waals surface area contributed by atoms with Crippen molar-refractivity contribution in [3.63, 3.8) is 0 Å². The topological polar surface area (TPSA) is 45.2 Å². The van der Waals surface area contributed by atoms with E-state index in [1.165, 1.54) is 5.56 Å². The highest BCUT2D eigenvalue weighted by atomic mass is 16.2. The van der Waals surface area contributed by atoms with E-state index in [0.717, 1.165) is 23.4 Å². The van der Waals surface area contributed by atoms with Crippen molar-refractivity contribution in [2.75, 3.05) is 11.9 Å². The fourth-order valence-electron chi connectivity index (χ4n) is 2.69. The molecule has 0 saturated heterocycles. The van der Waals surface area contributed by atoms with Crippen molar-refractivity contribution in [2.45, 2.75) is 19.9 Å². The summed E-state index contributed by atoms with van der Waals surface area (Å²) < 4.78 is 0. The molecule has 0 spiro atoms. The lowest BCUT2D eigenvalue weighted by Gasteiger charge is -2.23. The minimum absolute atomic E-state index is 0.103. The summed E-state index contributed by atoms with van der Waals surface area (Å²) in [7, 11) is 0. The van der Waals surface area contributed by atoms with Crippen LogP contribution < -0.4 is 5.32 Å². The van der Waals surface area contributed by atoms with Crippen molar-refractivity contribution < 1.29 is 4.79 Å². The molecule has 0 bridgehead atoms. The van der Waals surface area contributed by atoms with Gasteiger partial charge in [0.1, 0.15) is 0 Å². The zero-order valence-corrected chi connectivity index (χ0v) is 14.9. The third-order valence-corrected chi connectivity index (χ3v) is 4.17. The Morgan fingerprint density at radius 3 is 2.38 bits per heavy atom. The second kappa shape index (κ2) is 8.81. The Balaban J connectivity index is 1.70. The van der Waals surface area contributed by atoms with E-state index < -0.39 is 0 Å². The predicted molar refractivity (Wildman–Crippen MR) is 105 cm³/mol. The van der Waals surface area contributed by atoms with Gasteiger partial charge in [0.15, 0.2) is 0 Å².